The molecule has 1 N–H and O–H groups in total. The maximum atomic E-state index is 12.4. The van der Waals surface area contributed by atoms with Crippen molar-refractivity contribution in [3.8, 4) is 5.75 Å². The molecule has 0 radical (unpaired) electrons. The predicted molar refractivity (Wildman–Crippen MR) is 109 cm³/mol. The number of carbonyl (C=O) groups is 2. The van der Waals surface area contributed by atoms with E-state index in [0.717, 1.165) is 0 Å². The topological polar surface area (TPSA) is 120 Å². The van der Waals surface area contributed by atoms with Crippen molar-refractivity contribution in [1.82, 2.24) is 10.2 Å². The second-order valence-corrected chi connectivity index (χ2v) is 8.11. The summed E-state index contributed by atoms with van der Waals surface area (Å²) in [6, 6.07) is 2.70. The third kappa shape index (κ3) is 6.46. The van der Waals surface area contributed by atoms with Gasteiger partial charge in [0.25, 0.3) is 5.91 Å². The van der Waals surface area contributed by atoms with Gasteiger partial charge in [-0.1, -0.05) is 11.6 Å². The monoisotopic (exact) mass is 443 g/mol. The van der Waals surface area contributed by atoms with E-state index in [9.17, 15) is 19.7 Å². The van der Waals surface area contributed by atoms with Crippen LogP contribution in [0.2, 0.25) is 5.02 Å². The predicted octanol–water partition coefficient (Wildman–Crippen LogP) is 2.55. The summed E-state index contributed by atoms with van der Waals surface area (Å²) in [7, 11) is 1.33. The summed E-state index contributed by atoms with van der Waals surface area (Å²) in [5.41, 5.74) is -0.259. The average Bonchev–Trinajstić information content (AvgIpc) is 2.67. The molecule has 1 atom stereocenters. The fourth-order valence-electron chi connectivity index (χ4n) is 2.82. The minimum Gasteiger partial charge on any atom is -0.490 e. The fourth-order valence-corrected chi connectivity index (χ4v) is 3.07. The molecule has 0 spiro atoms. The van der Waals surface area contributed by atoms with Gasteiger partial charge in [0.1, 0.15) is 5.60 Å². The molecule has 0 aromatic heterocycles. The van der Waals surface area contributed by atoms with E-state index in [0.29, 0.717) is 18.5 Å². The molecule has 1 aliphatic rings. The van der Waals surface area contributed by atoms with E-state index in [-0.39, 0.29) is 42.1 Å². The van der Waals surface area contributed by atoms with Gasteiger partial charge in [0, 0.05) is 19.2 Å². The van der Waals surface area contributed by atoms with E-state index in [2.05, 4.69) is 5.32 Å². The quantitative estimate of drug-likeness (QED) is 0.529. The van der Waals surface area contributed by atoms with Gasteiger partial charge in [-0.3, -0.25) is 14.9 Å². The lowest BCUT2D eigenvalue weighted by molar-refractivity contribution is -0.385. The van der Waals surface area contributed by atoms with Gasteiger partial charge in [0.15, 0.2) is 11.9 Å². The van der Waals surface area contributed by atoms with Crippen LogP contribution in [0.15, 0.2) is 12.1 Å². The Balaban J connectivity index is 1.91. The molecule has 1 saturated heterocycles. The van der Waals surface area contributed by atoms with Crippen LogP contribution in [0.5, 0.6) is 5.75 Å². The van der Waals surface area contributed by atoms with Crippen LogP contribution in [0.3, 0.4) is 0 Å². The Bertz CT molecular complexity index is 810. The number of rotatable bonds is 6. The lowest BCUT2D eigenvalue weighted by Crippen LogP contribution is -2.52. The molecule has 11 heteroatoms. The number of nitro groups is 1. The molecular formula is C19H26ClN3O7. The van der Waals surface area contributed by atoms with Crippen LogP contribution in [0.4, 0.5) is 10.5 Å². The number of nitrogens with zero attached hydrogens (tertiary/aromatic N) is 2. The largest absolute Gasteiger partial charge is 0.490 e. The second kappa shape index (κ2) is 9.94. The van der Waals surface area contributed by atoms with Gasteiger partial charge in [-0.05, 0) is 38.8 Å². The molecule has 2 amide bonds. The molecule has 1 heterocycles. The zero-order valence-corrected chi connectivity index (χ0v) is 18.2. The second-order valence-electron chi connectivity index (χ2n) is 7.70. The number of methoxy groups -OCH3 is 1. The summed E-state index contributed by atoms with van der Waals surface area (Å²) in [5.74, 6) is -0.275. The normalized spacial score (nSPS) is 16.7. The summed E-state index contributed by atoms with van der Waals surface area (Å²) in [6.45, 7) is 6.20. The van der Waals surface area contributed by atoms with Crippen LogP contribution in [0.25, 0.3) is 0 Å². The molecule has 1 fully saturated rings. The Morgan fingerprint density at radius 2 is 2.10 bits per heavy atom. The zero-order valence-electron chi connectivity index (χ0n) is 17.4. The molecule has 30 heavy (non-hydrogen) atoms. The fraction of sp³-hybridized carbons (Fsp3) is 0.579. The molecule has 1 aromatic carbocycles. The van der Waals surface area contributed by atoms with E-state index >= 15 is 0 Å². The van der Waals surface area contributed by atoms with Crippen LogP contribution in [-0.4, -0.2) is 66.9 Å². The van der Waals surface area contributed by atoms with Crippen LogP contribution >= 0.6 is 11.6 Å². The number of nitrogens with one attached hydrogen (secondary N) is 1. The first-order chi connectivity index (χ1) is 14.0. The molecule has 1 aromatic rings. The Labute approximate surface area is 179 Å². The number of halogens is 1. The lowest BCUT2D eigenvalue weighted by atomic mass is 10.1. The Morgan fingerprint density at radius 1 is 1.40 bits per heavy atom. The number of ether oxygens (including phenoxy) is 3. The number of morpholine rings is 1. The van der Waals surface area contributed by atoms with Crippen LogP contribution in [0.1, 0.15) is 26.3 Å². The van der Waals surface area contributed by atoms with E-state index in [1.807, 2.05) is 0 Å². The van der Waals surface area contributed by atoms with Crippen molar-refractivity contribution >= 4 is 29.3 Å². The Hall–Kier alpha value is -2.59. The number of amides is 2. The first kappa shape index (κ1) is 23.7. The molecule has 0 unspecified atom stereocenters. The van der Waals surface area contributed by atoms with E-state index in [1.54, 1.807) is 20.8 Å². The molecular weight excluding hydrogens is 418 g/mol. The smallest absolute Gasteiger partial charge is 0.410 e. The summed E-state index contributed by atoms with van der Waals surface area (Å²) < 4.78 is 15.8. The van der Waals surface area contributed by atoms with Crippen molar-refractivity contribution in [2.45, 2.75) is 38.9 Å². The van der Waals surface area contributed by atoms with Gasteiger partial charge in [0.2, 0.25) is 0 Å². The SMILES string of the molecule is COc1cc(CCNC(=O)[C@H]2CN(C(=O)OC(C)(C)C)CCO2)c(Cl)cc1[N+](=O)[O-]. The molecule has 0 bridgehead atoms. The molecule has 2 rings (SSSR count). The third-order valence-corrected chi connectivity index (χ3v) is 4.60. The molecule has 166 valence electrons. The maximum Gasteiger partial charge on any atom is 0.410 e. The minimum absolute atomic E-state index is 0.0901. The molecule has 0 saturated carbocycles. The van der Waals surface area contributed by atoms with Gasteiger partial charge in [-0.25, -0.2) is 4.79 Å². The number of carbonyl (C=O) groups excluding carboxylic acids is 2. The average molecular weight is 444 g/mol. The Morgan fingerprint density at radius 3 is 2.70 bits per heavy atom. The van der Waals surface area contributed by atoms with Gasteiger partial charge in [-0.15, -0.1) is 0 Å². The van der Waals surface area contributed by atoms with Crippen LogP contribution in [-0.2, 0) is 20.7 Å². The van der Waals surface area contributed by atoms with Gasteiger partial charge >= 0.3 is 11.8 Å². The zero-order chi connectivity index (χ0) is 22.5. The highest BCUT2D eigenvalue weighted by Gasteiger charge is 2.31. The lowest BCUT2D eigenvalue weighted by Gasteiger charge is -2.33. The number of benzene rings is 1. The van der Waals surface area contributed by atoms with E-state index < -0.39 is 22.7 Å². The van der Waals surface area contributed by atoms with E-state index in [1.165, 1.54) is 24.1 Å². The first-order valence-corrected chi connectivity index (χ1v) is 9.77. The van der Waals surface area contributed by atoms with Gasteiger partial charge in [0.05, 0.1) is 30.2 Å². The highest BCUT2D eigenvalue weighted by atomic mass is 35.5. The summed E-state index contributed by atoms with van der Waals surface area (Å²) in [4.78, 5) is 36.5. The van der Waals surface area contributed by atoms with Crippen molar-refractivity contribution < 1.29 is 28.7 Å². The highest BCUT2D eigenvalue weighted by Crippen LogP contribution is 2.33. The third-order valence-electron chi connectivity index (χ3n) is 4.25. The number of hydrogen-bond acceptors (Lipinski definition) is 7. The maximum absolute atomic E-state index is 12.4. The summed E-state index contributed by atoms with van der Waals surface area (Å²) >= 11 is 6.12. The summed E-state index contributed by atoms with van der Waals surface area (Å²) in [6.07, 6.45) is -0.969. The van der Waals surface area contributed by atoms with Crippen LogP contribution in [0, 0.1) is 10.1 Å². The van der Waals surface area contributed by atoms with E-state index in [4.69, 9.17) is 25.8 Å². The minimum atomic E-state index is -0.812. The van der Waals surface area contributed by atoms with Crippen molar-refractivity contribution in [2.75, 3.05) is 33.4 Å². The number of nitro benzene ring substituents is 1. The first-order valence-electron chi connectivity index (χ1n) is 9.40. The van der Waals surface area contributed by atoms with Gasteiger partial charge < -0.3 is 24.4 Å². The van der Waals surface area contributed by atoms with Crippen molar-refractivity contribution in [3.05, 3.63) is 32.8 Å². The van der Waals surface area contributed by atoms with Gasteiger partial charge in [-0.2, -0.15) is 0 Å². The molecule has 0 aliphatic carbocycles. The van der Waals surface area contributed by atoms with Crippen molar-refractivity contribution in [3.63, 3.8) is 0 Å². The molecule has 1 aliphatic heterocycles. The van der Waals surface area contributed by atoms with Crippen LogP contribution < -0.4 is 10.1 Å². The molecule has 10 nitrogen and oxygen atoms in total. The Kier molecular flexibility index (Phi) is 7.85. The van der Waals surface area contributed by atoms with Crippen molar-refractivity contribution in [1.29, 1.82) is 0 Å². The highest BCUT2D eigenvalue weighted by molar-refractivity contribution is 6.31. The standard InChI is InChI=1S/C19H26ClN3O7/c1-19(2,3)30-18(25)22-7-8-29-16(11-22)17(24)21-6-5-12-9-15(28-4)14(23(26)27)10-13(12)20/h9-10,16H,5-8,11H2,1-4H3,(H,21,24)/t16-/m1/s1. The number of hydrogen-bond donors (Lipinski definition) is 1. The summed E-state index contributed by atoms with van der Waals surface area (Å²) in [5, 5.41) is 14.0. The van der Waals surface area contributed by atoms with Crippen molar-refractivity contribution in [2.24, 2.45) is 0 Å².